The average Bonchev–Trinajstić information content (AvgIpc) is 2.45. The normalized spacial score (nSPS) is 11.6. The second-order valence-corrected chi connectivity index (χ2v) is 5.13. The van der Waals surface area contributed by atoms with Gasteiger partial charge >= 0.3 is 0 Å². The topological polar surface area (TPSA) is 75.3 Å². The summed E-state index contributed by atoms with van der Waals surface area (Å²) in [5.74, 6) is 0.00498. The van der Waals surface area contributed by atoms with Gasteiger partial charge in [-0.15, -0.1) is 12.4 Å². The van der Waals surface area contributed by atoms with E-state index in [2.05, 4.69) is 5.32 Å². The summed E-state index contributed by atoms with van der Waals surface area (Å²) in [4.78, 5) is 11.6. The summed E-state index contributed by atoms with van der Waals surface area (Å²) in [5, 5.41) is 12.8. The minimum Gasteiger partial charge on any atom is -0.387 e. The van der Waals surface area contributed by atoms with Crippen molar-refractivity contribution in [3.63, 3.8) is 0 Å². The largest absolute Gasteiger partial charge is 0.387 e. The summed E-state index contributed by atoms with van der Waals surface area (Å²) >= 11 is 0. The summed E-state index contributed by atoms with van der Waals surface area (Å²) in [6.07, 6.45) is 3.89. The van der Waals surface area contributed by atoms with Crippen molar-refractivity contribution in [3.05, 3.63) is 35.4 Å². The molecule has 1 aromatic rings. The van der Waals surface area contributed by atoms with Crippen LogP contribution in [-0.4, -0.2) is 24.1 Å². The van der Waals surface area contributed by atoms with Crippen LogP contribution in [0, 0.1) is 6.92 Å². The molecular weight excluding hydrogens is 288 g/mol. The number of hydrogen-bond acceptors (Lipinski definition) is 3. The molecule has 0 aliphatic heterocycles. The number of rotatable bonds is 9. The standard InChI is InChI=1S/C16H26N2O2.ClH/c1-13-8-5-6-9-14(13)15(19)12-18-16(20)10-4-2-3-7-11-17;/h5-6,8-9,15,19H,2-4,7,10-12,17H2,1H3,(H,18,20);1H. The van der Waals surface area contributed by atoms with Crippen molar-refractivity contribution in [2.45, 2.75) is 45.1 Å². The van der Waals surface area contributed by atoms with Crippen LogP contribution in [0.4, 0.5) is 0 Å². The fourth-order valence-electron chi connectivity index (χ4n) is 2.15. The van der Waals surface area contributed by atoms with Crippen molar-refractivity contribution in [2.24, 2.45) is 5.73 Å². The van der Waals surface area contributed by atoms with E-state index < -0.39 is 6.10 Å². The Bertz CT molecular complexity index is 413. The number of unbranched alkanes of at least 4 members (excludes halogenated alkanes) is 3. The molecule has 0 heterocycles. The second-order valence-electron chi connectivity index (χ2n) is 5.13. The van der Waals surface area contributed by atoms with Crippen molar-refractivity contribution in [1.82, 2.24) is 5.32 Å². The van der Waals surface area contributed by atoms with Gasteiger partial charge in [-0.1, -0.05) is 37.1 Å². The molecule has 4 N–H and O–H groups in total. The van der Waals surface area contributed by atoms with E-state index in [4.69, 9.17) is 5.73 Å². The first-order chi connectivity index (χ1) is 9.65. The van der Waals surface area contributed by atoms with Crippen LogP contribution in [0.2, 0.25) is 0 Å². The molecule has 0 fully saturated rings. The molecule has 1 aromatic carbocycles. The highest BCUT2D eigenvalue weighted by molar-refractivity contribution is 5.85. The molecule has 1 rings (SSSR count). The van der Waals surface area contributed by atoms with Gasteiger partial charge in [0.1, 0.15) is 0 Å². The Morgan fingerprint density at radius 1 is 1.24 bits per heavy atom. The second kappa shape index (κ2) is 11.5. The maximum Gasteiger partial charge on any atom is 0.220 e. The van der Waals surface area contributed by atoms with Crippen LogP contribution in [-0.2, 0) is 4.79 Å². The Hall–Kier alpha value is -1.10. The van der Waals surface area contributed by atoms with E-state index in [-0.39, 0.29) is 24.9 Å². The van der Waals surface area contributed by atoms with E-state index in [0.29, 0.717) is 6.42 Å². The quantitative estimate of drug-likeness (QED) is 0.613. The molecule has 0 radical (unpaired) electrons. The number of halogens is 1. The van der Waals surface area contributed by atoms with Gasteiger partial charge in [-0.05, 0) is 37.4 Å². The Labute approximate surface area is 133 Å². The average molecular weight is 315 g/mol. The van der Waals surface area contributed by atoms with Gasteiger partial charge in [0, 0.05) is 13.0 Å². The summed E-state index contributed by atoms with van der Waals surface area (Å²) < 4.78 is 0. The van der Waals surface area contributed by atoms with Crippen molar-refractivity contribution in [1.29, 1.82) is 0 Å². The number of carbonyl (C=O) groups is 1. The SMILES string of the molecule is Cc1ccccc1C(O)CNC(=O)CCCCCCN.Cl. The lowest BCUT2D eigenvalue weighted by atomic mass is 10.0. The monoisotopic (exact) mass is 314 g/mol. The first kappa shape index (κ1) is 19.9. The van der Waals surface area contributed by atoms with Crippen molar-refractivity contribution < 1.29 is 9.90 Å². The highest BCUT2D eigenvalue weighted by atomic mass is 35.5. The number of aryl methyl sites for hydroxylation is 1. The lowest BCUT2D eigenvalue weighted by Gasteiger charge is -2.14. The smallest absolute Gasteiger partial charge is 0.220 e. The molecule has 4 nitrogen and oxygen atoms in total. The minimum atomic E-state index is -0.641. The first-order valence-corrected chi connectivity index (χ1v) is 7.35. The van der Waals surface area contributed by atoms with Gasteiger partial charge in [-0.2, -0.15) is 0 Å². The zero-order valence-electron chi connectivity index (χ0n) is 12.7. The van der Waals surface area contributed by atoms with Crippen LogP contribution in [0.3, 0.4) is 0 Å². The lowest BCUT2D eigenvalue weighted by molar-refractivity contribution is -0.121. The van der Waals surface area contributed by atoms with E-state index >= 15 is 0 Å². The highest BCUT2D eigenvalue weighted by Crippen LogP contribution is 2.16. The molecule has 0 aliphatic rings. The molecule has 5 heteroatoms. The van der Waals surface area contributed by atoms with Crippen LogP contribution >= 0.6 is 12.4 Å². The number of aliphatic hydroxyl groups excluding tert-OH is 1. The molecule has 0 bridgehead atoms. The maximum absolute atomic E-state index is 11.6. The van der Waals surface area contributed by atoms with Gasteiger partial charge in [0.05, 0.1) is 6.10 Å². The van der Waals surface area contributed by atoms with Gasteiger partial charge in [0.2, 0.25) is 5.91 Å². The van der Waals surface area contributed by atoms with E-state index in [1.807, 2.05) is 31.2 Å². The molecule has 1 atom stereocenters. The molecule has 1 unspecified atom stereocenters. The summed E-state index contributed by atoms with van der Waals surface area (Å²) in [7, 11) is 0. The lowest BCUT2D eigenvalue weighted by Crippen LogP contribution is -2.28. The van der Waals surface area contributed by atoms with Crippen LogP contribution in [0.15, 0.2) is 24.3 Å². The van der Waals surface area contributed by atoms with E-state index in [1.165, 1.54) is 0 Å². The number of nitrogens with one attached hydrogen (secondary N) is 1. The third-order valence-electron chi connectivity index (χ3n) is 3.40. The molecule has 1 amide bonds. The number of benzene rings is 1. The number of aliphatic hydroxyl groups is 1. The van der Waals surface area contributed by atoms with E-state index in [0.717, 1.165) is 43.4 Å². The molecule has 0 aromatic heterocycles. The third kappa shape index (κ3) is 8.05. The molecule has 0 aliphatic carbocycles. The maximum atomic E-state index is 11.6. The number of amides is 1. The first-order valence-electron chi connectivity index (χ1n) is 7.35. The highest BCUT2D eigenvalue weighted by Gasteiger charge is 2.11. The summed E-state index contributed by atoms with van der Waals surface area (Å²) in [6.45, 7) is 2.94. The van der Waals surface area contributed by atoms with Gasteiger partial charge < -0.3 is 16.2 Å². The van der Waals surface area contributed by atoms with Crippen LogP contribution < -0.4 is 11.1 Å². The zero-order chi connectivity index (χ0) is 14.8. The van der Waals surface area contributed by atoms with Gasteiger partial charge in [-0.3, -0.25) is 4.79 Å². The molecule has 0 spiro atoms. The van der Waals surface area contributed by atoms with Crippen molar-refractivity contribution in [2.75, 3.05) is 13.1 Å². The predicted molar refractivity (Wildman–Crippen MR) is 88.5 cm³/mol. The summed E-state index contributed by atoms with van der Waals surface area (Å²) in [6, 6.07) is 7.67. The Morgan fingerprint density at radius 3 is 2.57 bits per heavy atom. The van der Waals surface area contributed by atoms with Crippen LogP contribution in [0.1, 0.15) is 49.3 Å². The van der Waals surface area contributed by atoms with Crippen LogP contribution in [0.25, 0.3) is 0 Å². The number of hydrogen-bond donors (Lipinski definition) is 3. The molecule has 0 saturated carbocycles. The Balaban J connectivity index is 0.00000400. The zero-order valence-corrected chi connectivity index (χ0v) is 13.5. The number of carbonyl (C=O) groups excluding carboxylic acids is 1. The van der Waals surface area contributed by atoms with Gasteiger partial charge in [0.25, 0.3) is 0 Å². The van der Waals surface area contributed by atoms with E-state index in [1.54, 1.807) is 0 Å². The minimum absolute atomic E-state index is 0. The number of nitrogens with two attached hydrogens (primary N) is 1. The molecule has 21 heavy (non-hydrogen) atoms. The Kier molecular flexibility index (Phi) is 10.9. The fraction of sp³-hybridized carbons (Fsp3) is 0.562. The van der Waals surface area contributed by atoms with Gasteiger partial charge in [-0.25, -0.2) is 0 Å². The van der Waals surface area contributed by atoms with E-state index in [9.17, 15) is 9.90 Å². The van der Waals surface area contributed by atoms with Crippen LogP contribution in [0.5, 0.6) is 0 Å². The predicted octanol–water partition coefficient (Wildman–Crippen LogP) is 2.48. The molecule has 0 saturated heterocycles. The Morgan fingerprint density at radius 2 is 1.90 bits per heavy atom. The van der Waals surface area contributed by atoms with Crippen molar-refractivity contribution >= 4 is 18.3 Å². The molecule has 120 valence electrons. The summed E-state index contributed by atoms with van der Waals surface area (Å²) in [5.41, 5.74) is 7.32. The van der Waals surface area contributed by atoms with Gasteiger partial charge in [0.15, 0.2) is 0 Å². The van der Waals surface area contributed by atoms with Crippen molar-refractivity contribution in [3.8, 4) is 0 Å². The third-order valence-corrected chi connectivity index (χ3v) is 3.40. The fourth-order valence-corrected chi connectivity index (χ4v) is 2.15. The molecular formula is C16H27ClN2O2.